The number of benzene rings is 1. The van der Waals surface area contributed by atoms with Crippen LogP contribution in [-0.2, 0) is 16.0 Å². The second-order valence-corrected chi connectivity index (χ2v) is 7.17. The van der Waals surface area contributed by atoms with E-state index in [-0.39, 0.29) is 17.7 Å². The lowest BCUT2D eigenvalue weighted by molar-refractivity contribution is -0.130. The molecule has 0 bridgehead atoms. The summed E-state index contributed by atoms with van der Waals surface area (Å²) < 4.78 is 0. The predicted molar refractivity (Wildman–Crippen MR) is 102 cm³/mol. The molecule has 0 radical (unpaired) electrons. The first-order valence-electron chi connectivity index (χ1n) is 9.31. The molecule has 1 atom stereocenters. The maximum Gasteiger partial charge on any atom is 0.242 e. The third kappa shape index (κ3) is 6.07. The molecule has 2 rings (SSSR count). The van der Waals surface area contributed by atoms with Gasteiger partial charge in [-0.05, 0) is 50.3 Å². The number of carbonyl (C=O) groups is 2. The first-order valence-corrected chi connectivity index (χ1v) is 9.31. The molecule has 0 aromatic heterocycles. The zero-order valence-electron chi connectivity index (χ0n) is 15.7. The molecule has 138 valence electrons. The molecule has 0 aliphatic heterocycles. The number of aryl methyl sites for hydroxylation is 1. The molecular weight excluding hydrogens is 314 g/mol. The van der Waals surface area contributed by atoms with Gasteiger partial charge in [0, 0.05) is 32.2 Å². The second-order valence-electron chi connectivity index (χ2n) is 7.17. The Morgan fingerprint density at radius 1 is 1.16 bits per heavy atom. The van der Waals surface area contributed by atoms with E-state index in [0.717, 1.165) is 38.5 Å². The van der Waals surface area contributed by atoms with Gasteiger partial charge in [-0.2, -0.15) is 0 Å². The highest BCUT2D eigenvalue weighted by Gasteiger charge is 2.25. The lowest BCUT2D eigenvalue weighted by Gasteiger charge is -2.17. The summed E-state index contributed by atoms with van der Waals surface area (Å²) in [5.74, 6) is 0.0239. The zero-order chi connectivity index (χ0) is 18.2. The lowest BCUT2D eigenvalue weighted by atomic mass is 10.1. The fourth-order valence-corrected chi connectivity index (χ4v) is 3.20. The minimum atomic E-state index is -0.465. The van der Waals surface area contributed by atoms with Crippen LogP contribution in [0.3, 0.4) is 0 Å². The summed E-state index contributed by atoms with van der Waals surface area (Å²) >= 11 is 0. The first-order chi connectivity index (χ1) is 12.0. The highest BCUT2D eigenvalue weighted by Crippen LogP contribution is 2.24. The predicted octanol–water partition coefficient (Wildman–Crippen LogP) is 2.50. The van der Waals surface area contributed by atoms with Gasteiger partial charge in [0.1, 0.15) is 6.04 Å². The van der Waals surface area contributed by atoms with E-state index in [2.05, 4.69) is 39.8 Å². The summed E-state index contributed by atoms with van der Waals surface area (Å²) in [5.41, 5.74) is 2.45. The average Bonchev–Trinajstić information content (AvgIpc) is 3.13. The van der Waals surface area contributed by atoms with Crippen molar-refractivity contribution in [1.82, 2.24) is 10.6 Å². The quantitative estimate of drug-likeness (QED) is 0.712. The van der Waals surface area contributed by atoms with Crippen LogP contribution in [0.15, 0.2) is 24.3 Å². The number of carbonyl (C=O) groups excluding carboxylic acids is 2. The molecule has 1 aromatic carbocycles. The summed E-state index contributed by atoms with van der Waals surface area (Å²) in [6.45, 7) is 2.38. The summed E-state index contributed by atoms with van der Waals surface area (Å²) in [5, 5.41) is 5.76. The fourth-order valence-electron chi connectivity index (χ4n) is 3.20. The van der Waals surface area contributed by atoms with E-state index < -0.39 is 6.04 Å². The SMILES string of the molecule is C[C@@H](NC(=O)C1CCCC1)C(=O)NCCCc1ccc(N(C)C)cc1. The van der Waals surface area contributed by atoms with Gasteiger partial charge in [0.05, 0.1) is 0 Å². The fraction of sp³-hybridized carbons (Fsp3) is 0.600. The lowest BCUT2D eigenvalue weighted by Crippen LogP contribution is -2.46. The molecule has 1 aliphatic rings. The molecule has 0 spiro atoms. The third-order valence-electron chi connectivity index (χ3n) is 4.87. The van der Waals surface area contributed by atoms with Crippen molar-refractivity contribution >= 4 is 17.5 Å². The van der Waals surface area contributed by atoms with E-state index >= 15 is 0 Å². The molecule has 2 amide bonds. The molecule has 0 unspecified atom stereocenters. The van der Waals surface area contributed by atoms with Crippen LogP contribution in [0.5, 0.6) is 0 Å². The molecular formula is C20H31N3O2. The first kappa shape index (κ1) is 19.3. The van der Waals surface area contributed by atoms with Crippen LogP contribution in [0.4, 0.5) is 5.69 Å². The molecule has 1 aromatic rings. The van der Waals surface area contributed by atoms with Gasteiger partial charge < -0.3 is 15.5 Å². The van der Waals surface area contributed by atoms with E-state index in [1.807, 2.05) is 14.1 Å². The minimum Gasteiger partial charge on any atom is -0.378 e. The monoisotopic (exact) mass is 345 g/mol. The van der Waals surface area contributed by atoms with Crippen molar-refractivity contribution in [3.8, 4) is 0 Å². The summed E-state index contributed by atoms with van der Waals surface area (Å²) in [7, 11) is 4.05. The Labute approximate surface area is 151 Å². The van der Waals surface area contributed by atoms with E-state index in [1.165, 1.54) is 11.3 Å². The van der Waals surface area contributed by atoms with Gasteiger partial charge >= 0.3 is 0 Å². The van der Waals surface area contributed by atoms with Crippen LogP contribution >= 0.6 is 0 Å². The third-order valence-corrected chi connectivity index (χ3v) is 4.87. The van der Waals surface area contributed by atoms with Crippen molar-refractivity contribution in [3.63, 3.8) is 0 Å². The van der Waals surface area contributed by atoms with Crippen LogP contribution < -0.4 is 15.5 Å². The Morgan fingerprint density at radius 2 is 1.80 bits per heavy atom. The number of amides is 2. The molecule has 2 N–H and O–H groups in total. The van der Waals surface area contributed by atoms with Crippen molar-refractivity contribution in [3.05, 3.63) is 29.8 Å². The highest BCUT2D eigenvalue weighted by molar-refractivity contribution is 5.88. The second kappa shape index (κ2) is 9.44. The van der Waals surface area contributed by atoms with Crippen LogP contribution in [-0.4, -0.2) is 38.5 Å². The smallest absolute Gasteiger partial charge is 0.242 e. The minimum absolute atomic E-state index is 0.0288. The number of hydrogen-bond acceptors (Lipinski definition) is 3. The van der Waals surface area contributed by atoms with Gasteiger partial charge in [-0.3, -0.25) is 9.59 Å². The van der Waals surface area contributed by atoms with Gasteiger partial charge in [0.15, 0.2) is 0 Å². The van der Waals surface area contributed by atoms with Crippen molar-refractivity contribution in [1.29, 1.82) is 0 Å². The van der Waals surface area contributed by atoms with Gasteiger partial charge in [0.25, 0.3) is 0 Å². The molecule has 25 heavy (non-hydrogen) atoms. The molecule has 1 saturated carbocycles. The Bertz CT molecular complexity index is 563. The maximum absolute atomic E-state index is 12.1. The number of nitrogens with zero attached hydrogens (tertiary/aromatic N) is 1. The molecule has 5 nitrogen and oxygen atoms in total. The Morgan fingerprint density at radius 3 is 2.40 bits per heavy atom. The van der Waals surface area contributed by atoms with E-state index in [0.29, 0.717) is 6.54 Å². The van der Waals surface area contributed by atoms with E-state index in [9.17, 15) is 9.59 Å². The van der Waals surface area contributed by atoms with Crippen LogP contribution in [0, 0.1) is 5.92 Å². The number of rotatable bonds is 8. The standard InChI is InChI=1S/C20H31N3O2/c1-15(22-20(25)17-8-4-5-9-17)19(24)21-14-6-7-16-10-12-18(13-11-16)23(2)3/h10-13,15,17H,4-9,14H2,1-3H3,(H,21,24)(H,22,25)/t15-/m1/s1. The molecule has 0 saturated heterocycles. The normalized spacial score (nSPS) is 15.6. The Kier molecular flexibility index (Phi) is 7.29. The summed E-state index contributed by atoms with van der Waals surface area (Å²) in [6, 6.07) is 8.00. The van der Waals surface area contributed by atoms with Gasteiger partial charge in [-0.1, -0.05) is 25.0 Å². The molecule has 5 heteroatoms. The van der Waals surface area contributed by atoms with Crippen LogP contribution in [0.25, 0.3) is 0 Å². The number of hydrogen-bond donors (Lipinski definition) is 2. The average molecular weight is 345 g/mol. The molecule has 0 heterocycles. The zero-order valence-corrected chi connectivity index (χ0v) is 15.7. The van der Waals surface area contributed by atoms with E-state index in [4.69, 9.17) is 0 Å². The topological polar surface area (TPSA) is 61.4 Å². The van der Waals surface area contributed by atoms with Gasteiger partial charge in [0.2, 0.25) is 11.8 Å². The van der Waals surface area contributed by atoms with Crippen LogP contribution in [0.2, 0.25) is 0 Å². The van der Waals surface area contributed by atoms with Crippen molar-refractivity contribution in [2.45, 2.75) is 51.5 Å². The van der Waals surface area contributed by atoms with E-state index in [1.54, 1.807) is 6.92 Å². The number of anilines is 1. The Hall–Kier alpha value is -2.04. The highest BCUT2D eigenvalue weighted by atomic mass is 16.2. The number of nitrogens with one attached hydrogen (secondary N) is 2. The maximum atomic E-state index is 12.1. The Balaban J connectivity index is 1.64. The molecule has 1 aliphatic carbocycles. The van der Waals surface area contributed by atoms with Crippen LogP contribution in [0.1, 0.15) is 44.6 Å². The van der Waals surface area contributed by atoms with Crippen molar-refractivity contribution in [2.24, 2.45) is 5.92 Å². The van der Waals surface area contributed by atoms with Gasteiger partial charge in [-0.25, -0.2) is 0 Å². The molecule has 1 fully saturated rings. The van der Waals surface area contributed by atoms with Gasteiger partial charge in [-0.15, -0.1) is 0 Å². The summed E-state index contributed by atoms with van der Waals surface area (Å²) in [6.07, 6.45) is 5.95. The summed E-state index contributed by atoms with van der Waals surface area (Å²) in [4.78, 5) is 26.2. The van der Waals surface area contributed by atoms with Crippen molar-refractivity contribution in [2.75, 3.05) is 25.5 Å². The largest absolute Gasteiger partial charge is 0.378 e. The van der Waals surface area contributed by atoms with Crippen molar-refractivity contribution < 1.29 is 9.59 Å².